The van der Waals surface area contributed by atoms with Crippen molar-refractivity contribution < 1.29 is 0 Å². The van der Waals surface area contributed by atoms with Crippen molar-refractivity contribution in [2.45, 2.75) is 32.6 Å². The first-order chi connectivity index (χ1) is 15.3. The SMILES string of the molecule is CCCNc1cc(N/N=C/c2c[nH]c3ccccc23)nc(CCCc2ccccn2)n1. The molecule has 0 amide bonds. The molecule has 0 radical (unpaired) electrons. The van der Waals surface area contributed by atoms with Gasteiger partial charge in [-0.3, -0.25) is 10.4 Å². The van der Waals surface area contributed by atoms with Gasteiger partial charge < -0.3 is 10.3 Å². The number of nitrogens with one attached hydrogen (secondary N) is 3. The molecule has 158 valence electrons. The first-order valence-corrected chi connectivity index (χ1v) is 10.7. The molecule has 0 saturated carbocycles. The molecular weight excluding hydrogens is 386 g/mol. The van der Waals surface area contributed by atoms with Crippen LogP contribution in [0.15, 0.2) is 66.0 Å². The Hall–Kier alpha value is -3.74. The number of aromatic nitrogens is 4. The van der Waals surface area contributed by atoms with E-state index in [0.717, 1.165) is 66.0 Å². The molecule has 7 nitrogen and oxygen atoms in total. The minimum Gasteiger partial charge on any atom is -0.370 e. The standard InChI is InChI=1S/C24H27N7/c1-2-13-26-23-15-24(30-22(29-23)12-7-9-19-8-5-6-14-25-19)31-28-17-18-16-27-21-11-4-3-10-20(18)21/h3-6,8,10-11,14-17,27H,2,7,9,12-13H2,1H3,(H2,26,29,30,31)/b28-17+. The molecule has 31 heavy (non-hydrogen) atoms. The number of hydrazone groups is 1. The second-order valence-electron chi connectivity index (χ2n) is 7.32. The number of anilines is 2. The van der Waals surface area contributed by atoms with Gasteiger partial charge in [-0.1, -0.05) is 31.2 Å². The molecular formula is C24H27N7. The van der Waals surface area contributed by atoms with Crippen LogP contribution in [0, 0.1) is 0 Å². The molecule has 4 rings (SSSR count). The number of hydrogen-bond acceptors (Lipinski definition) is 6. The Morgan fingerprint density at radius 2 is 1.90 bits per heavy atom. The van der Waals surface area contributed by atoms with E-state index in [4.69, 9.17) is 0 Å². The van der Waals surface area contributed by atoms with Crippen LogP contribution in [-0.2, 0) is 12.8 Å². The topological polar surface area (TPSA) is 90.9 Å². The van der Waals surface area contributed by atoms with Gasteiger partial charge in [-0.2, -0.15) is 5.10 Å². The van der Waals surface area contributed by atoms with Crippen molar-refractivity contribution in [1.82, 2.24) is 19.9 Å². The minimum atomic E-state index is 0.678. The van der Waals surface area contributed by atoms with Crippen molar-refractivity contribution in [1.29, 1.82) is 0 Å². The number of aromatic amines is 1. The molecule has 0 atom stereocenters. The number of pyridine rings is 1. The Bertz CT molecular complexity index is 1140. The van der Waals surface area contributed by atoms with Crippen molar-refractivity contribution >= 4 is 28.8 Å². The van der Waals surface area contributed by atoms with E-state index in [2.05, 4.69) is 48.8 Å². The highest BCUT2D eigenvalue weighted by molar-refractivity contribution is 5.99. The number of fused-ring (bicyclic) bond motifs is 1. The van der Waals surface area contributed by atoms with Crippen molar-refractivity contribution in [2.24, 2.45) is 5.10 Å². The van der Waals surface area contributed by atoms with Gasteiger partial charge in [0.15, 0.2) is 5.82 Å². The Labute approximate surface area is 182 Å². The van der Waals surface area contributed by atoms with Crippen LogP contribution in [0.2, 0.25) is 0 Å². The van der Waals surface area contributed by atoms with E-state index in [9.17, 15) is 0 Å². The predicted molar refractivity (Wildman–Crippen MR) is 127 cm³/mol. The molecule has 0 fully saturated rings. The summed E-state index contributed by atoms with van der Waals surface area (Å²) in [5, 5.41) is 8.89. The van der Waals surface area contributed by atoms with Crippen molar-refractivity contribution in [3.63, 3.8) is 0 Å². The first-order valence-electron chi connectivity index (χ1n) is 10.7. The zero-order valence-corrected chi connectivity index (χ0v) is 17.7. The molecule has 0 bridgehead atoms. The van der Waals surface area contributed by atoms with Gasteiger partial charge in [0.05, 0.1) is 6.21 Å². The van der Waals surface area contributed by atoms with Crippen LogP contribution in [0.4, 0.5) is 11.6 Å². The smallest absolute Gasteiger partial charge is 0.152 e. The molecule has 0 aliphatic rings. The number of nitrogens with zero attached hydrogens (tertiary/aromatic N) is 4. The number of hydrogen-bond donors (Lipinski definition) is 3. The summed E-state index contributed by atoms with van der Waals surface area (Å²) >= 11 is 0. The molecule has 0 spiro atoms. The molecule has 1 aromatic carbocycles. The third kappa shape index (κ3) is 5.66. The van der Waals surface area contributed by atoms with E-state index >= 15 is 0 Å². The summed E-state index contributed by atoms with van der Waals surface area (Å²) in [4.78, 5) is 17.0. The zero-order valence-electron chi connectivity index (χ0n) is 17.7. The van der Waals surface area contributed by atoms with Gasteiger partial charge in [-0.05, 0) is 37.5 Å². The van der Waals surface area contributed by atoms with E-state index in [1.165, 1.54) is 0 Å². The summed E-state index contributed by atoms with van der Waals surface area (Å²) in [5.41, 5.74) is 6.27. The molecule has 7 heteroatoms. The van der Waals surface area contributed by atoms with Crippen LogP contribution in [0.1, 0.15) is 36.8 Å². The molecule has 0 aliphatic carbocycles. The van der Waals surface area contributed by atoms with Crippen LogP contribution < -0.4 is 10.7 Å². The van der Waals surface area contributed by atoms with E-state index in [-0.39, 0.29) is 0 Å². The third-order valence-electron chi connectivity index (χ3n) is 4.89. The first kappa shape index (κ1) is 20.5. The molecule has 0 saturated heterocycles. The summed E-state index contributed by atoms with van der Waals surface area (Å²) in [6.45, 7) is 3.00. The Morgan fingerprint density at radius 3 is 2.77 bits per heavy atom. The van der Waals surface area contributed by atoms with E-state index < -0.39 is 0 Å². The van der Waals surface area contributed by atoms with Crippen molar-refractivity contribution in [2.75, 3.05) is 17.3 Å². The van der Waals surface area contributed by atoms with Gasteiger partial charge >= 0.3 is 0 Å². The summed E-state index contributed by atoms with van der Waals surface area (Å²) < 4.78 is 0. The fourth-order valence-corrected chi connectivity index (χ4v) is 3.35. The van der Waals surface area contributed by atoms with E-state index in [0.29, 0.717) is 5.82 Å². The number of benzene rings is 1. The van der Waals surface area contributed by atoms with Gasteiger partial charge in [0, 0.05) is 53.6 Å². The molecule has 0 unspecified atom stereocenters. The molecule has 0 aliphatic heterocycles. The zero-order chi connectivity index (χ0) is 21.3. The highest BCUT2D eigenvalue weighted by Crippen LogP contribution is 2.17. The van der Waals surface area contributed by atoms with E-state index in [1.807, 2.05) is 54.9 Å². The average molecular weight is 414 g/mol. The number of aryl methyl sites for hydroxylation is 2. The minimum absolute atomic E-state index is 0.678. The predicted octanol–water partition coefficient (Wildman–Crippen LogP) is 4.80. The fraction of sp³-hybridized carbons (Fsp3) is 0.250. The van der Waals surface area contributed by atoms with Gasteiger partial charge in [0.2, 0.25) is 0 Å². The lowest BCUT2D eigenvalue weighted by atomic mass is 10.1. The van der Waals surface area contributed by atoms with Crippen LogP contribution in [0.5, 0.6) is 0 Å². The Balaban J connectivity index is 1.44. The number of rotatable bonds is 10. The largest absolute Gasteiger partial charge is 0.370 e. The maximum Gasteiger partial charge on any atom is 0.152 e. The van der Waals surface area contributed by atoms with Crippen molar-refractivity contribution in [3.05, 3.63) is 78.0 Å². The van der Waals surface area contributed by atoms with Gasteiger partial charge in [0.1, 0.15) is 11.6 Å². The third-order valence-corrected chi connectivity index (χ3v) is 4.89. The molecule has 3 aromatic heterocycles. The molecule has 3 N–H and O–H groups in total. The van der Waals surface area contributed by atoms with Gasteiger partial charge in [-0.25, -0.2) is 9.97 Å². The van der Waals surface area contributed by atoms with E-state index in [1.54, 1.807) is 6.21 Å². The van der Waals surface area contributed by atoms with Gasteiger partial charge in [0.25, 0.3) is 0 Å². The Kier molecular flexibility index (Phi) is 6.85. The normalized spacial score (nSPS) is 11.3. The second kappa shape index (κ2) is 10.3. The highest BCUT2D eigenvalue weighted by atomic mass is 15.3. The number of H-pyrrole nitrogens is 1. The quantitative estimate of drug-likeness (QED) is 0.257. The monoisotopic (exact) mass is 413 g/mol. The van der Waals surface area contributed by atoms with Crippen LogP contribution in [-0.4, -0.2) is 32.7 Å². The number of para-hydroxylation sites is 1. The van der Waals surface area contributed by atoms with Crippen molar-refractivity contribution in [3.8, 4) is 0 Å². The maximum atomic E-state index is 4.66. The fourth-order valence-electron chi connectivity index (χ4n) is 3.35. The van der Waals surface area contributed by atoms with Crippen LogP contribution in [0.3, 0.4) is 0 Å². The lowest BCUT2D eigenvalue weighted by Crippen LogP contribution is -2.07. The lowest BCUT2D eigenvalue weighted by Gasteiger charge is -2.09. The van der Waals surface area contributed by atoms with Crippen LogP contribution in [0.25, 0.3) is 10.9 Å². The summed E-state index contributed by atoms with van der Waals surface area (Å²) in [7, 11) is 0. The molecule has 4 aromatic rings. The highest BCUT2D eigenvalue weighted by Gasteiger charge is 2.06. The van der Waals surface area contributed by atoms with Crippen LogP contribution >= 0.6 is 0 Å². The average Bonchev–Trinajstić information content (AvgIpc) is 3.22. The van der Waals surface area contributed by atoms with Gasteiger partial charge in [-0.15, -0.1) is 0 Å². The Morgan fingerprint density at radius 1 is 1.03 bits per heavy atom. The summed E-state index contributed by atoms with van der Waals surface area (Å²) in [6.07, 6.45) is 9.23. The summed E-state index contributed by atoms with van der Waals surface area (Å²) in [6, 6.07) is 16.0. The maximum absolute atomic E-state index is 4.66. The second-order valence-corrected chi connectivity index (χ2v) is 7.32. The summed E-state index contributed by atoms with van der Waals surface area (Å²) in [5.74, 6) is 2.29. The lowest BCUT2D eigenvalue weighted by molar-refractivity contribution is 0.757. The molecule has 3 heterocycles.